The van der Waals surface area contributed by atoms with Gasteiger partial charge in [0.05, 0.1) is 0 Å². The number of allylic oxidation sites excluding steroid dienone is 3. The lowest BCUT2D eigenvalue weighted by Crippen LogP contribution is -2.02. The van der Waals surface area contributed by atoms with E-state index in [4.69, 9.17) is 0 Å². The van der Waals surface area contributed by atoms with Gasteiger partial charge in [-0.3, -0.25) is 0 Å². The fourth-order valence-electron chi connectivity index (χ4n) is 5.39. The standard InChI is InChI=1S/C35H39F3/c1-3-5-6-7-8-9-10-11-29-20-23-32(35(38)34(29)37)28-18-16-27(17-19-28)31-22-21-30(24-33(31)36)26-14-12-25(4-2)13-15-26/h4,14,16-25H,2-3,5-13,15H2,1H3. The average molecular weight is 517 g/mol. The molecule has 0 N–H and O–H groups in total. The van der Waals surface area contributed by atoms with Gasteiger partial charge in [0.1, 0.15) is 5.82 Å². The van der Waals surface area contributed by atoms with Crippen LogP contribution in [0.15, 0.2) is 73.3 Å². The van der Waals surface area contributed by atoms with Crippen molar-refractivity contribution in [2.45, 2.75) is 77.6 Å². The van der Waals surface area contributed by atoms with E-state index in [1.165, 1.54) is 31.3 Å². The Kier molecular flexibility index (Phi) is 10.0. The molecule has 1 atom stereocenters. The molecule has 0 fully saturated rings. The van der Waals surface area contributed by atoms with Crippen molar-refractivity contribution >= 4 is 5.57 Å². The van der Waals surface area contributed by atoms with Gasteiger partial charge in [0, 0.05) is 11.1 Å². The highest BCUT2D eigenvalue weighted by Crippen LogP contribution is 2.34. The van der Waals surface area contributed by atoms with Crippen LogP contribution in [0, 0.1) is 23.4 Å². The highest BCUT2D eigenvalue weighted by Gasteiger charge is 2.17. The fourth-order valence-corrected chi connectivity index (χ4v) is 5.39. The van der Waals surface area contributed by atoms with Crippen LogP contribution < -0.4 is 0 Å². The lowest BCUT2D eigenvalue weighted by Gasteiger charge is -2.19. The van der Waals surface area contributed by atoms with Gasteiger partial charge in [-0.05, 0) is 71.9 Å². The molecule has 1 unspecified atom stereocenters. The minimum Gasteiger partial charge on any atom is -0.206 e. The van der Waals surface area contributed by atoms with E-state index in [1.807, 2.05) is 12.1 Å². The SMILES string of the molecule is C=CC1CC=C(c2ccc(-c3ccc(-c4ccc(CCCCCCCCC)c(F)c4F)cc3)c(F)c2)CC1. The van der Waals surface area contributed by atoms with E-state index < -0.39 is 11.6 Å². The van der Waals surface area contributed by atoms with Crippen LogP contribution in [0.4, 0.5) is 13.2 Å². The van der Waals surface area contributed by atoms with E-state index in [2.05, 4.69) is 19.6 Å². The van der Waals surface area contributed by atoms with Crippen molar-refractivity contribution in [2.75, 3.05) is 0 Å². The highest BCUT2D eigenvalue weighted by atomic mass is 19.2. The predicted octanol–water partition coefficient (Wildman–Crippen LogP) is 11.1. The number of rotatable bonds is 12. The number of unbranched alkanes of at least 4 members (excludes halogenated alkanes) is 6. The Morgan fingerprint density at radius 1 is 0.763 bits per heavy atom. The van der Waals surface area contributed by atoms with E-state index in [9.17, 15) is 8.78 Å². The number of benzene rings is 3. The minimum absolute atomic E-state index is 0.232. The molecule has 0 saturated carbocycles. The summed E-state index contributed by atoms with van der Waals surface area (Å²) in [5, 5.41) is 0. The Morgan fingerprint density at radius 2 is 1.39 bits per heavy atom. The van der Waals surface area contributed by atoms with Crippen molar-refractivity contribution in [3.8, 4) is 22.3 Å². The molecule has 3 aromatic rings. The van der Waals surface area contributed by atoms with Crippen LogP contribution in [0.25, 0.3) is 27.8 Å². The summed E-state index contributed by atoms with van der Waals surface area (Å²) in [6.07, 6.45) is 15.6. The van der Waals surface area contributed by atoms with E-state index in [0.29, 0.717) is 34.6 Å². The maximum atomic E-state index is 15.1. The van der Waals surface area contributed by atoms with E-state index >= 15 is 4.39 Å². The largest absolute Gasteiger partial charge is 0.206 e. The lowest BCUT2D eigenvalue weighted by molar-refractivity contribution is 0.497. The molecular formula is C35H39F3. The summed E-state index contributed by atoms with van der Waals surface area (Å²) in [7, 11) is 0. The molecule has 0 bridgehead atoms. The maximum Gasteiger partial charge on any atom is 0.166 e. The molecular weight excluding hydrogens is 477 g/mol. The lowest BCUT2D eigenvalue weighted by atomic mass is 9.86. The molecule has 0 aliphatic heterocycles. The Bertz CT molecular complexity index is 1250. The highest BCUT2D eigenvalue weighted by molar-refractivity contribution is 5.74. The molecule has 38 heavy (non-hydrogen) atoms. The summed E-state index contributed by atoms with van der Waals surface area (Å²) in [4.78, 5) is 0. The van der Waals surface area contributed by atoms with Gasteiger partial charge in [0.2, 0.25) is 0 Å². The Morgan fingerprint density at radius 3 is 2.03 bits per heavy atom. The third-order valence-electron chi connectivity index (χ3n) is 7.84. The fraction of sp³-hybridized carbons (Fsp3) is 0.371. The van der Waals surface area contributed by atoms with Crippen molar-refractivity contribution in [3.05, 3.63) is 102 Å². The minimum atomic E-state index is -0.812. The van der Waals surface area contributed by atoms with Crippen LogP contribution in [0.2, 0.25) is 0 Å². The van der Waals surface area contributed by atoms with Crippen molar-refractivity contribution in [1.82, 2.24) is 0 Å². The topological polar surface area (TPSA) is 0 Å². The van der Waals surface area contributed by atoms with Crippen LogP contribution in [0.5, 0.6) is 0 Å². The molecule has 0 amide bonds. The Balaban J connectivity index is 1.42. The molecule has 0 heterocycles. The molecule has 0 aromatic heterocycles. The first-order valence-electron chi connectivity index (χ1n) is 14.2. The van der Waals surface area contributed by atoms with Gasteiger partial charge in [0.15, 0.2) is 11.6 Å². The summed E-state index contributed by atoms with van der Waals surface area (Å²) in [6.45, 7) is 6.07. The van der Waals surface area contributed by atoms with Crippen LogP contribution in [-0.4, -0.2) is 0 Å². The first-order valence-corrected chi connectivity index (χ1v) is 14.2. The zero-order valence-corrected chi connectivity index (χ0v) is 22.5. The number of aryl methyl sites for hydroxylation is 1. The molecule has 200 valence electrons. The van der Waals surface area contributed by atoms with Gasteiger partial charge in [-0.1, -0.05) is 106 Å². The molecule has 4 rings (SSSR count). The summed E-state index contributed by atoms with van der Waals surface area (Å²) < 4.78 is 44.9. The zero-order valence-electron chi connectivity index (χ0n) is 22.5. The Hall–Kier alpha value is -3.07. The van der Waals surface area contributed by atoms with E-state index in [-0.39, 0.29) is 11.4 Å². The first kappa shape index (κ1) is 28.0. The normalized spacial score (nSPS) is 15.4. The quantitative estimate of drug-likeness (QED) is 0.166. The molecule has 1 aliphatic rings. The predicted molar refractivity (Wildman–Crippen MR) is 154 cm³/mol. The second kappa shape index (κ2) is 13.6. The van der Waals surface area contributed by atoms with E-state index in [1.54, 1.807) is 48.5 Å². The van der Waals surface area contributed by atoms with Crippen LogP contribution in [0.3, 0.4) is 0 Å². The Labute approximate surface area is 226 Å². The van der Waals surface area contributed by atoms with E-state index in [0.717, 1.165) is 44.1 Å². The summed E-state index contributed by atoms with van der Waals surface area (Å²) in [5.74, 6) is -1.35. The van der Waals surface area contributed by atoms with Crippen LogP contribution in [0.1, 0.15) is 82.3 Å². The van der Waals surface area contributed by atoms with Crippen LogP contribution in [-0.2, 0) is 6.42 Å². The summed E-state index contributed by atoms with van der Waals surface area (Å²) >= 11 is 0. The number of halogens is 3. The van der Waals surface area contributed by atoms with Gasteiger partial charge in [-0.2, -0.15) is 0 Å². The summed E-state index contributed by atoms with van der Waals surface area (Å²) in [5.41, 5.74) is 4.54. The number of hydrogen-bond acceptors (Lipinski definition) is 0. The average Bonchev–Trinajstić information content (AvgIpc) is 2.95. The van der Waals surface area contributed by atoms with Crippen molar-refractivity contribution in [3.63, 3.8) is 0 Å². The maximum absolute atomic E-state index is 15.1. The number of hydrogen-bond donors (Lipinski definition) is 0. The molecule has 0 nitrogen and oxygen atoms in total. The second-order valence-electron chi connectivity index (χ2n) is 10.5. The second-order valence-corrected chi connectivity index (χ2v) is 10.5. The summed E-state index contributed by atoms with van der Waals surface area (Å²) in [6, 6.07) is 15.7. The van der Waals surface area contributed by atoms with Crippen molar-refractivity contribution < 1.29 is 13.2 Å². The smallest absolute Gasteiger partial charge is 0.166 e. The van der Waals surface area contributed by atoms with Gasteiger partial charge >= 0.3 is 0 Å². The third kappa shape index (κ3) is 6.87. The van der Waals surface area contributed by atoms with Gasteiger partial charge < -0.3 is 0 Å². The third-order valence-corrected chi connectivity index (χ3v) is 7.84. The molecule has 0 radical (unpaired) electrons. The van der Waals surface area contributed by atoms with Gasteiger partial charge in [0.25, 0.3) is 0 Å². The van der Waals surface area contributed by atoms with Crippen LogP contribution >= 0.6 is 0 Å². The zero-order chi connectivity index (χ0) is 26.9. The van der Waals surface area contributed by atoms with Crippen molar-refractivity contribution in [1.29, 1.82) is 0 Å². The molecule has 1 aliphatic carbocycles. The first-order chi connectivity index (χ1) is 18.5. The molecule has 0 spiro atoms. The van der Waals surface area contributed by atoms with Gasteiger partial charge in [-0.15, -0.1) is 6.58 Å². The monoisotopic (exact) mass is 516 g/mol. The van der Waals surface area contributed by atoms with Gasteiger partial charge in [-0.25, -0.2) is 13.2 Å². The molecule has 3 heteroatoms. The molecule has 0 saturated heterocycles. The van der Waals surface area contributed by atoms with Crippen molar-refractivity contribution in [2.24, 2.45) is 5.92 Å². The molecule has 3 aromatic carbocycles.